The molecule has 3 nitrogen and oxygen atoms in total. The Morgan fingerprint density at radius 3 is 1.78 bits per heavy atom. The van der Waals surface area contributed by atoms with Gasteiger partial charge in [0, 0.05) is 25.2 Å². The molecule has 0 saturated carbocycles. The molecule has 0 rings (SSSR count). The number of rotatable bonds is 4. The number of carbonyl (C=O) groups excluding carboxylic acids is 2. The number of amides is 1. The van der Waals surface area contributed by atoms with Crippen LogP contribution in [0.5, 0.6) is 0 Å². The molecule has 1 amide bonds. The standard InChI is InChI=1S/C11H15NO2.2C2H6/c1-5-7-9(8-13)10(6-2)11(14)12(3)4;2*1-2/h5-8H,2H2,1,3-4H3;2*1-2H3/b7-5-,10-9-;;. The molecule has 0 aliphatic carbocycles. The van der Waals surface area contributed by atoms with Crippen LogP contribution in [0.4, 0.5) is 0 Å². The van der Waals surface area contributed by atoms with Crippen molar-refractivity contribution < 1.29 is 9.59 Å². The molecule has 18 heavy (non-hydrogen) atoms. The first kappa shape index (κ1) is 21.6. The van der Waals surface area contributed by atoms with Gasteiger partial charge in [-0.1, -0.05) is 52.5 Å². The predicted octanol–water partition coefficient (Wildman–Crippen LogP) is 3.38. The minimum Gasteiger partial charge on any atom is -0.345 e. The molecule has 0 aliphatic heterocycles. The molecule has 0 radical (unpaired) electrons. The maximum atomic E-state index is 11.6. The second-order valence-electron chi connectivity index (χ2n) is 2.89. The van der Waals surface area contributed by atoms with Crippen LogP contribution in [-0.4, -0.2) is 31.2 Å². The number of hydrogen-bond acceptors (Lipinski definition) is 2. The Morgan fingerprint density at radius 2 is 1.56 bits per heavy atom. The first-order valence-corrected chi connectivity index (χ1v) is 6.24. The van der Waals surface area contributed by atoms with Gasteiger partial charge in [-0.2, -0.15) is 0 Å². The van der Waals surface area contributed by atoms with E-state index in [0.29, 0.717) is 17.4 Å². The third-order valence-corrected chi connectivity index (χ3v) is 1.62. The van der Waals surface area contributed by atoms with Crippen molar-refractivity contribution in [1.82, 2.24) is 4.90 Å². The topological polar surface area (TPSA) is 37.4 Å². The lowest BCUT2D eigenvalue weighted by Gasteiger charge is -2.11. The first-order valence-electron chi connectivity index (χ1n) is 6.24. The van der Waals surface area contributed by atoms with Gasteiger partial charge in [0.1, 0.15) is 0 Å². The van der Waals surface area contributed by atoms with Crippen LogP contribution < -0.4 is 0 Å². The zero-order valence-electron chi connectivity index (χ0n) is 12.8. The summed E-state index contributed by atoms with van der Waals surface area (Å²) >= 11 is 0. The van der Waals surface area contributed by atoms with Gasteiger partial charge < -0.3 is 4.90 Å². The number of carbonyl (C=O) groups is 2. The highest BCUT2D eigenvalue weighted by molar-refractivity contribution is 6.02. The second-order valence-corrected chi connectivity index (χ2v) is 2.89. The molecular formula is C15H27NO2. The average molecular weight is 253 g/mol. The lowest BCUT2D eigenvalue weighted by Crippen LogP contribution is -2.23. The Kier molecular flexibility index (Phi) is 18.5. The zero-order valence-corrected chi connectivity index (χ0v) is 12.8. The molecule has 0 fully saturated rings. The highest BCUT2D eigenvalue weighted by Gasteiger charge is 2.11. The van der Waals surface area contributed by atoms with E-state index in [0.717, 1.165) is 0 Å². The molecule has 0 spiro atoms. The fourth-order valence-corrected chi connectivity index (χ4v) is 0.942. The van der Waals surface area contributed by atoms with E-state index >= 15 is 0 Å². The normalized spacial score (nSPS) is 10.2. The summed E-state index contributed by atoms with van der Waals surface area (Å²) in [5.74, 6) is -0.222. The van der Waals surface area contributed by atoms with Crippen LogP contribution in [0.2, 0.25) is 0 Å². The van der Waals surface area contributed by atoms with Gasteiger partial charge in [-0.05, 0) is 6.92 Å². The Hall–Kier alpha value is -1.64. The molecule has 0 aromatic rings. The van der Waals surface area contributed by atoms with Gasteiger partial charge in [-0.15, -0.1) is 0 Å². The Labute approximate surface area is 112 Å². The number of likely N-dealkylation sites (N-methyl/N-ethyl adjacent to an activating group) is 1. The highest BCUT2D eigenvalue weighted by Crippen LogP contribution is 2.08. The molecule has 0 aromatic heterocycles. The van der Waals surface area contributed by atoms with Crippen molar-refractivity contribution >= 4 is 12.2 Å². The maximum Gasteiger partial charge on any atom is 0.254 e. The van der Waals surface area contributed by atoms with Gasteiger partial charge in [0.25, 0.3) is 5.91 Å². The van der Waals surface area contributed by atoms with Crippen LogP contribution in [-0.2, 0) is 9.59 Å². The van der Waals surface area contributed by atoms with Gasteiger partial charge in [-0.25, -0.2) is 0 Å². The summed E-state index contributed by atoms with van der Waals surface area (Å²) in [5, 5.41) is 0. The molecule has 0 N–H and O–H groups in total. The molecule has 0 heterocycles. The van der Waals surface area contributed by atoms with Crippen LogP contribution in [0.25, 0.3) is 0 Å². The SMILES string of the molecule is C=C/C(C(=O)N(C)C)=C(C=O)\C=C/C.CC.CC. The Balaban J connectivity index is -0.000000506. The average Bonchev–Trinajstić information content (AvgIpc) is 2.42. The van der Waals surface area contributed by atoms with E-state index in [2.05, 4.69) is 6.58 Å². The quantitative estimate of drug-likeness (QED) is 0.437. The first-order chi connectivity index (χ1) is 8.58. The van der Waals surface area contributed by atoms with Crippen LogP contribution >= 0.6 is 0 Å². The third-order valence-electron chi connectivity index (χ3n) is 1.62. The summed E-state index contributed by atoms with van der Waals surface area (Å²) in [7, 11) is 3.26. The van der Waals surface area contributed by atoms with E-state index in [9.17, 15) is 9.59 Å². The Bertz CT molecular complexity index is 300. The van der Waals surface area contributed by atoms with Gasteiger partial charge in [0.05, 0.1) is 0 Å². The summed E-state index contributed by atoms with van der Waals surface area (Å²) in [6, 6.07) is 0. The van der Waals surface area contributed by atoms with Crippen LogP contribution in [0.15, 0.2) is 36.0 Å². The van der Waals surface area contributed by atoms with Crippen LogP contribution in [0.3, 0.4) is 0 Å². The summed E-state index contributed by atoms with van der Waals surface area (Å²) in [6.07, 6.45) is 5.34. The highest BCUT2D eigenvalue weighted by atomic mass is 16.2. The molecule has 3 heteroatoms. The smallest absolute Gasteiger partial charge is 0.254 e. The molecule has 0 aromatic carbocycles. The lowest BCUT2D eigenvalue weighted by atomic mass is 10.1. The van der Waals surface area contributed by atoms with Crippen molar-refractivity contribution in [3.63, 3.8) is 0 Å². The zero-order chi connectivity index (χ0) is 15.1. The van der Waals surface area contributed by atoms with Gasteiger partial charge in [0.15, 0.2) is 6.29 Å². The molecule has 104 valence electrons. The minimum atomic E-state index is -0.222. The molecule has 0 saturated heterocycles. The van der Waals surface area contributed by atoms with Crippen molar-refractivity contribution in [2.75, 3.05) is 14.1 Å². The van der Waals surface area contributed by atoms with E-state index in [-0.39, 0.29) is 5.91 Å². The molecule has 0 aliphatic rings. The fraction of sp³-hybridized carbons (Fsp3) is 0.467. The summed E-state index contributed by atoms with van der Waals surface area (Å²) in [5.41, 5.74) is 0.671. The van der Waals surface area contributed by atoms with Crippen molar-refractivity contribution in [2.45, 2.75) is 34.6 Å². The second kappa shape index (κ2) is 15.4. The van der Waals surface area contributed by atoms with Gasteiger partial charge in [-0.3, -0.25) is 9.59 Å². The number of aldehydes is 1. The van der Waals surface area contributed by atoms with Gasteiger partial charge >= 0.3 is 0 Å². The molecular weight excluding hydrogens is 226 g/mol. The van der Waals surface area contributed by atoms with E-state index < -0.39 is 0 Å². The van der Waals surface area contributed by atoms with E-state index in [1.807, 2.05) is 27.7 Å². The van der Waals surface area contributed by atoms with Gasteiger partial charge in [0.2, 0.25) is 0 Å². The third kappa shape index (κ3) is 8.50. The number of allylic oxidation sites excluding steroid dienone is 3. The summed E-state index contributed by atoms with van der Waals surface area (Å²) in [4.78, 5) is 23.7. The van der Waals surface area contributed by atoms with E-state index in [4.69, 9.17) is 0 Å². The summed E-state index contributed by atoms with van der Waals surface area (Å²) < 4.78 is 0. The fourth-order valence-electron chi connectivity index (χ4n) is 0.942. The maximum absolute atomic E-state index is 11.6. The largest absolute Gasteiger partial charge is 0.345 e. The molecule has 0 atom stereocenters. The minimum absolute atomic E-state index is 0.222. The van der Waals surface area contributed by atoms with Crippen LogP contribution in [0.1, 0.15) is 34.6 Å². The molecule has 0 bridgehead atoms. The lowest BCUT2D eigenvalue weighted by molar-refractivity contribution is -0.124. The Morgan fingerprint density at radius 1 is 1.11 bits per heavy atom. The number of hydrogen-bond donors (Lipinski definition) is 0. The molecule has 0 unspecified atom stereocenters. The van der Waals surface area contributed by atoms with E-state index in [1.54, 1.807) is 33.2 Å². The van der Waals surface area contributed by atoms with Crippen molar-refractivity contribution in [1.29, 1.82) is 0 Å². The number of nitrogens with zero attached hydrogens (tertiary/aromatic N) is 1. The predicted molar refractivity (Wildman–Crippen MR) is 79.5 cm³/mol. The van der Waals surface area contributed by atoms with Crippen molar-refractivity contribution in [2.24, 2.45) is 0 Å². The van der Waals surface area contributed by atoms with Crippen molar-refractivity contribution in [3.8, 4) is 0 Å². The summed E-state index contributed by atoms with van der Waals surface area (Å²) in [6.45, 7) is 13.3. The van der Waals surface area contributed by atoms with E-state index in [1.165, 1.54) is 11.0 Å². The van der Waals surface area contributed by atoms with Crippen LogP contribution in [0, 0.1) is 0 Å². The van der Waals surface area contributed by atoms with Crippen molar-refractivity contribution in [3.05, 3.63) is 36.0 Å². The monoisotopic (exact) mass is 253 g/mol.